The van der Waals surface area contributed by atoms with Gasteiger partial charge in [-0.25, -0.2) is 0 Å². The lowest BCUT2D eigenvalue weighted by Crippen LogP contribution is -2.16. The predicted molar refractivity (Wildman–Crippen MR) is 79.5 cm³/mol. The average molecular weight is 309 g/mol. The van der Waals surface area contributed by atoms with Crippen molar-refractivity contribution in [3.8, 4) is 16.3 Å². The quantitative estimate of drug-likeness (QED) is 0.747. The zero-order valence-corrected chi connectivity index (χ0v) is 12.8. The monoisotopic (exact) mass is 308 g/mol. The summed E-state index contributed by atoms with van der Waals surface area (Å²) in [6, 6.07) is 4.98. The van der Waals surface area contributed by atoms with E-state index >= 15 is 0 Å². The Labute approximate surface area is 124 Å². The summed E-state index contributed by atoms with van der Waals surface area (Å²) in [5.41, 5.74) is 0.497. The Morgan fingerprint density at radius 1 is 1.25 bits per heavy atom. The fourth-order valence-electron chi connectivity index (χ4n) is 1.88. The summed E-state index contributed by atoms with van der Waals surface area (Å²) in [5.74, 6) is 0.906. The molecule has 0 unspecified atom stereocenters. The Morgan fingerprint density at radius 3 is 2.65 bits per heavy atom. The maximum Gasteiger partial charge on any atom is 0.235 e. The highest BCUT2D eigenvalue weighted by atomic mass is 35.5. The first-order chi connectivity index (χ1) is 9.36. The molecule has 20 heavy (non-hydrogen) atoms. The van der Waals surface area contributed by atoms with Crippen LogP contribution in [0, 0.1) is 0 Å². The summed E-state index contributed by atoms with van der Waals surface area (Å²) >= 11 is 7.23. The SMILES string of the molecule is CC(C)(C)c1nnc2sc(-c3ccc(Cl)cc3O)nn12. The number of phenols is 1. The van der Waals surface area contributed by atoms with Crippen molar-refractivity contribution < 1.29 is 5.11 Å². The van der Waals surface area contributed by atoms with Crippen molar-refractivity contribution in [1.29, 1.82) is 0 Å². The summed E-state index contributed by atoms with van der Waals surface area (Å²) in [6.07, 6.45) is 0. The predicted octanol–water partition coefficient (Wildman–Crippen LogP) is 3.51. The molecule has 3 rings (SSSR count). The van der Waals surface area contributed by atoms with E-state index in [1.165, 1.54) is 17.4 Å². The van der Waals surface area contributed by atoms with Crippen LogP contribution in [-0.4, -0.2) is 24.9 Å². The summed E-state index contributed by atoms with van der Waals surface area (Å²) in [5, 5.41) is 24.0. The summed E-state index contributed by atoms with van der Waals surface area (Å²) in [4.78, 5) is 0.708. The van der Waals surface area contributed by atoms with Crippen LogP contribution in [0.25, 0.3) is 15.5 Å². The molecule has 0 spiro atoms. The molecule has 0 atom stereocenters. The molecule has 0 amide bonds. The van der Waals surface area contributed by atoms with E-state index in [2.05, 4.69) is 36.1 Å². The molecule has 0 aliphatic heterocycles. The number of hydrogen-bond acceptors (Lipinski definition) is 5. The number of hydrogen-bond donors (Lipinski definition) is 1. The van der Waals surface area contributed by atoms with Crippen LogP contribution in [0.1, 0.15) is 26.6 Å². The Kier molecular flexibility index (Phi) is 2.95. The molecule has 7 heteroatoms. The van der Waals surface area contributed by atoms with Gasteiger partial charge in [0.05, 0.1) is 5.56 Å². The molecule has 1 N–H and O–H groups in total. The van der Waals surface area contributed by atoms with E-state index in [1.54, 1.807) is 16.6 Å². The van der Waals surface area contributed by atoms with Crippen LogP contribution in [0.2, 0.25) is 5.02 Å². The highest BCUT2D eigenvalue weighted by Gasteiger charge is 2.24. The van der Waals surface area contributed by atoms with Crippen LogP contribution < -0.4 is 0 Å². The third-order valence-corrected chi connectivity index (χ3v) is 4.02. The second kappa shape index (κ2) is 4.43. The number of fused-ring (bicyclic) bond motifs is 1. The standard InChI is InChI=1S/C13H13ClN4OS/c1-13(2,3)11-15-16-12-18(11)17-10(20-12)8-5-4-7(14)6-9(8)19/h4-6,19H,1-3H3. The van der Waals surface area contributed by atoms with E-state index < -0.39 is 0 Å². The van der Waals surface area contributed by atoms with Crippen LogP contribution in [0.15, 0.2) is 18.2 Å². The Bertz CT molecular complexity index is 787. The topological polar surface area (TPSA) is 63.3 Å². The summed E-state index contributed by atoms with van der Waals surface area (Å²) < 4.78 is 1.73. The number of benzene rings is 1. The second-order valence-electron chi connectivity index (χ2n) is 5.54. The third kappa shape index (κ3) is 2.14. The van der Waals surface area contributed by atoms with Gasteiger partial charge in [0.1, 0.15) is 5.75 Å². The molecule has 104 valence electrons. The molecule has 1 aromatic carbocycles. The van der Waals surface area contributed by atoms with Crippen molar-refractivity contribution in [3.05, 3.63) is 29.0 Å². The minimum absolute atomic E-state index is 0.111. The maximum absolute atomic E-state index is 9.97. The van der Waals surface area contributed by atoms with Gasteiger partial charge in [0.25, 0.3) is 0 Å². The number of aromatic hydroxyl groups is 1. The van der Waals surface area contributed by atoms with Gasteiger partial charge < -0.3 is 5.11 Å². The second-order valence-corrected chi connectivity index (χ2v) is 6.93. The molecule has 0 radical (unpaired) electrons. The molecule has 0 aliphatic carbocycles. The van der Waals surface area contributed by atoms with Crippen molar-refractivity contribution in [2.24, 2.45) is 0 Å². The van der Waals surface area contributed by atoms with E-state index in [1.807, 2.05) is 0 Å². The molecule has 2 aromatic heterocycles. The van der Waals surface area contributed by atoms with E-state index in [0.29, 0.717) is 20.6 Å². The smallest absolute Gasteiger partial charge is 0.235 e. The molecular formula is C13H13ClN4OS. The number of halogens is 1. The number of phenolic OH excluding ortho intramolecular Hbond substituents is 1. The average Bonchev–Trinajstić information content (AvgIpc) is 2.86. The molecular weight excluding hydrogens is 296 g/mol. The van der Waals surface area contributed by atoms with Crippen molar-refractivity contribution in [1.82, 2.24) is 19.8 Å². The summed E-state index contributed by atoms with van der Waals surface area (Å²) in [6.45, 7) is 6.17. The van der Waals surface area contributed by atoms with Gasteiger partial charge in [-0.2, -0.15) is 9.61 Å². The Hall–Kier alpha value is -1.66. The van der Waals surface area contributed by atoms with E-state index in [4.69, 9.17) is 11.6 Å². The molecule has 0 aliphatic rings. The van der Waals surface area contributed by atoms with Gasteiger partial charge in [0, 0.05) is 10.4 Å². The fraction of sp³-hybridized carbons (Fsp3) is 0.308. The Balaban J connectivity index is 2.16. The first-order valence-electron chi connectivity index (χ1n) is 6.08. The highest BCUT2D eigenvalue weighted by molar-refractivity contribution is 7.19. The van der Waals surface area contributed by atoms with Crippen LogP contribution >= 0.6 is 22.9 Å². The van der Waals surface area contributed by atoms with Gasteiger partial charge >= 0.3 is 0 Å². The van der Waals surface area contributed by atoms with Gasteiger partial charge in [-0.1, -0.05) is 43.7 Å². The zero-order chi connectivity index (χ0) is 14.5. The van der Waals surface area contributed by atoms with Crippen LogP contribution in [-0.2, 0) is 5.41 Å². The first kappa shape index (κ1) is 13.3. The Morgan fingerprint density at radius 2 is 2.00 bits per heavy atom. The fourth-order valence-corrected chi connectivity index (χ4v) is 2.92. The first-order valence-corrected chi connectivity index (χ1v) is 7.27. The lowest BCUT2D eigenvalue weighted by atomic mass is 9.96. The minimum atomic E-state index is -0.146. The van der Waals surface area contributed by atoms with Crippen LogP contribution in [0.5, 0.6) is 5.75 Å². The van der Waals surface area contributed by atoms with Gasteiger partial charge in [-0.15, -0.1) is 10.2 Å². The zero-order valence-electron chi connectivity index (χ0n) is 11.3. The molecule has 5 nitrogen and oxygen atoms in total. The normalized spacial score (nSPS) is 12.2. The molecule has 0 saturated heterocycles. The van der Waals surface area contributed by atoms with E-state index in [9.17, 15) is 5.11 Å². The van der Waals surface area contributed by atoms with Gasteiger partial charge in [-0.05, 0) is 18.2 Å². The van der Waals surface area contributed by atoms with E-state index in [0.717, 1.165) is 5.82 Å². The molecule has 0 saturated carbocycles. The molecule has 3 aromatic rings. The third-order valence-electron chi connectivity index (χ3n) is 2.85. The van der Waals surface area contributed by atoms with Crippen molar-refractivity contribution >= 4 is 27.9 Å². The van der Waals surface area contributed by atoms with Gasteiger partial charge in [0.15, 0.2) is 10.8 Å². The van der Waals surface area contributed by atoms with Gasteiger partial charge in [-0.3, -0.25) is 0 Å². The number of nitrogens with zero attached hydrogens (tertiary/aromatic N) is 4. The van der Waals surface area contributed by atoms with Crippen molar-refractivity contribution in [2.75, 3.05) is 0 Å². The molecule has 2 heterocycles. The van der Waals surface area contributed by atoms with Gasteiger partial charge in [0.2, 0.25) is 4.96 Å². The van der Waals surface area contributed by atoms with E-state index in [-0.39, 0.29) is 11.2 Å². The van der Waals surface area contributed by atoms with Crippen LogP contribution in [0.4, 0.5) is 0 Å². The van der Waals surface area contributed by atoms with Crippen LogP contribution in [0.3, 0.4) is 0 Å². The lowest BCUT2D eigenvalue weighted by molar-refractivity contribution is 0.477. The highest BCUT2D eigenvalue weighted by Crippen LogP contribution is 2.35. The summed E-state index contributed by atoms with van der Waals surface area (Å²) in [7, 11) is 0. The van der Waals surface area contributed by atoms with Crippen molar-refractivity contribution in [2.45, 2.75) is 26.2 Å². The minimum Gasteiger partial charge on any atom is -0.507 e. The number of rotatable bonds is 1. The largest absolute Gasteiger partial charge is 0.507 e. The van der Waals surface area contributed by atoms with Crippen molar-refractivity contribution in [3.63, 3.8) is 0 Å². The molecule has 0 bridgehead atoms. The maximum atomic E-state index is 9.97. The number of aromatic nitrogens is 4. The lowest BCUT2D eigenvalue weighted by Gasteiger charge is -2.13. The molecule has 0 fully saturated rings.